The molecule has 4 rings (SSSR count). The van der Waals surface area contributed by atoms with Crippen molar-refractivity contribution in [3.05, 3.63) is 40.6 Å². The highest BCUT2D eigenvalue weighted by atomic mass is 32.1. The molecule has 3 aromatic rings. The minimum atomic E-state index is -0.479. The van der Waals surface area contributed by atoms with Crippen LogP contribution in [0.5, 0.6) is 11.8 Å². The molecule has 0 aliphatic carbocycles. The second-order valence-electron chi connectivity index (χ2n) is 7.30. The summed E-state index contributed by atoms with van der Waals surface area (Å²) >= 11 is 1.49. The van der Waals surface area contributed by atoms with Gasteiger partial charge in [-0.3, -0.25) is 9.88 Å². The van der Waals surface area contributed by atoms with E-state index in [0.29, 0.717) is 24.3 Å². The van der Waals surface area contributed by atoms with Gasteiger partial charge in [0.1, 0.15) is 6.61 Å². The summed E-state index contributed by atoms with van der Waals surface area (Å²) in [5, 5.41) is 6.33. The molecule has 1 aliphatic heterocycles. The van der Waals surface area contributed by atoms with E-state index in [-0.39, 0.29) is 17.7 Å². The zero-order valence-electron chi connectivity index (χ0n) is 18.0. The van der Waals surface area contributed by atoms with E-state index in [0.717, 1.165) is 30.9 Å². The highest BCUT2D eigenvalue weighted by molar-refractivity contribution is 7.09. The highest BCUT2D eigenvalue weighted by Gasteiger charge is 2.23. The smallest absolute Gasteiger partial charge is 0.323 e. The van der Waals surface area contributed by atoms with Crippen LogP contribution in [0.15, 0.2) is 29.9 Å². The lowest BCUT2D eigenvalue weighted by atomic mass is 10.2. The van der Waals surface area contributed by atoms with Gasteiger partial charge in [-0.15, -0.1) is 11.3 Å². The van der Waals surface area contributed by atoms with E-state index in [1.165, 1.54) is 30.9 Å². The number of likely N-dealkylation sites (tertiary alicyclic amines) is 1. The lowest BCUT2D eigenvalue weighted by Gasteiger charge is -2.23. The Morgan fingerprint density at radius 2 is 2.12 bits per heavy atom. The number of anilines is 3. The third-order valence-corrected chi connectivity index (χ3v) is 6.00. The molecular formula is C21H26FN7O2S. The van der Waals surface area contributed by atoms with Gasteiger partial charge in [-0.2, -0.15) is 15.0 Å². The Balaban J connectivity index is 1.51. The molecule has 0 radical (unpaired) electrons. The Morgan fingerprint density at radius 3 is 2.88 bits per heavy atom. The first-order valence-corrected chi connectivity index (χ1v) is 11.4. The van der Waals surface area contributed by atoms with Crippen LogP contribution in [0.1, 0.15) is 24.6 Å². The van der Waals surface area contributed by atoms with Gasteiger partial charge in [-0.05, 0) is 38.1 Å². The second kappa shape index (κ2) is 10.5. The molecule has 0 saturated carbocycles. The molecule has 2 N–H and O–H groups in total. The van der Waals surface area contributed by atoms with Gasteiger partial charge < -0.3 is 20.1 Å². The molecule has 1 aromatic carbocycles. The van der Waals surface area contributed by atoms with Gasteiger partial charge in [0, 0.05) is 30.5 Å². The van der Waals surface area contributed by atoms with Crippen molar-refractivity contribution in [3.63, 3.8) is 0 Å². The van der Waals surface area contributed by atoms with Crippen LogP contribution >= 0.6 is 11.3 Å². The lowest BCUT2D eigenvalue weighted by molar-refractivity contribution is 0.275. The summed E-state index contributed by atoms with van der Waals surface area (Å²) in [6, 6.07) is 5.16. The summed E-state index contributed by atoms with van der Waals surface area (Å²) in [5.74, 6) is 0.343. The minimum absolute atomic E-state index is 0.166. The molecule has 170 valence electrons. The molecule has 32 heavy (non-hydrogen) atoms. The first kappa shape index (κ1) is 22.2. The van der Waals surface area contributed by atoms with Crippen molar-refractivity contribution in [1.29, 1.82) is 0 Å². The average Bonchev–Trinajstić information content (AvgIpc) is 3.48. The van der Waals surface area contributed by atoms with Crippen molar-refractivity contribution in [2.45, 2.75) is 32.4 Å². The average molecular weight is 460 g/mol. The Morgan fingerprint density at radius 1 is 1.25 bits per heavy atom. The van der Waals surface area contributed by atoms with Crippen LogP contribution in [0.4, 0.5) is 22.0 Å². The fourth-order valence-electron chi connectivity index (χ4n) is 3.63. The van der Waals surface area contributed by atoms with E-state index in [2.05, 4.69) is 42.4 Å². The quantitative estimate of drug-likeness (QED) is 0.470. The molecule has 3 heterocycles. The number of aromatic nitrogens is 4. The van der Waals surface area contributed by atoms with Crippen LogP contribution in [-0.2, 0) is 6.61 Å². The minimum Gasteiger partial charge on any atom is -0.494 e. The Bertz CT molecular complexity index is 1020. The maximum atomic E-state index is 14.1. The number of benzene rings is 1. The number of hydrogen-bond acceptors (Lipinski definition) is 10. The third kappa shape index (κ3) is 5.60. The number of thiazole rings is 1. The summed E-state index contributed by atoms with van der Waals surface area (Å²) in [5.41, 5.74) is 2.23. The van der Waals surface area contributed by atoms with Crippen molar-refractivity contribution in [2.24, 2.45) is 0 Å². The topological polar surface area (TPSA) is 97.3 Å². The predicted molar refractivity (Wildman–Crippen MR) is 121 cm³/mol. The van der Waals surface area contributed by atoms with Gasteiger partial charge >= 0.3 is 6.01 Å². The molecule has 1 unspecified atom stereocenters. The number of hydrogen-bond donors (Lipinski definition) is 2. The molecule has 1 atom stereocenters. The molecule has 0 bridgehead atoms. The van der Waals surface area contributed by atoms with Gasteiger partial charge in [0.15, 0.2) is 11.6 Å². The number of halogens is 1. The zero-order valence-corrected chi connectivity index (χ0v) is 18.9. The zero-order chi connectivity index (χ0) is 22.3. The van der Waals surface area contributed by atoms with Crippen molar-refractivity contribution in [2.75, 3.05) is 37.4 Å². The van der Waals surface area contributed by atoms with E-state index < -0.39 is 5.82 Å². The molecule has 0 amide bonds. The van der Waals surface area contributed by atoms with E-state index >= 15 is 0 Å². The standard InChI is InChI=1S/C21H26FN7O2S/c1-3-29-8-4-5-15(29)10-24-19-26-20(25-14-6-7-18(30-2)17(22)9-14)28-21(27-19)31-12-16-11-23-13-32-16/h6-7,9,11,13,15H,3-5,8,10,12H2,1-2H3,(H2,24,25,26,27,28). The van der Waals surface area contributed by atoms with Crippen molar-refractivity contribution in [3.8, 4) is 11.8 Å². The van der Waals surface area contributed by atoms with Crippen LogP contribution in [-0.4, -0.2) is 57.6 Å². The maximum absolute atomic E-state index is 14.1. The summed E-state index contributed by atoms with van der Waals surface area (Å²) in [4.78, 5) is 20.6. The van der Waals surface area contributed by atoms with Gasteiger partial charge in [0.2, 0.25) is 11.9 Å². The SMILES string of the molecule is CCN1CCCC1CNc1nc(Nc2ccc(OC)c(F)c2)nc(OCc2cncs2)n1. The molecule has 1 fully saturated rings. The molecule has 0 spiro atoms. The summed E-state index contributed by atoms with van der Waals surface area (Å²) in [6.07, 6.45) is 4.07. The molecule has 1 aliphatic rings. The Hall–Kier alpha value is -3.05. The normalized spacial score (nSPS) is 16.2. The summed E-state index contributed by atoms with van der Waals surface area (Å²) in [6.45, 7) is 5.32. The van der Waals surface area contributed by atoms with Crippen LogP contribution in [0, 0.1) is 5.82 Å². The molecule has 2 aromatic heterocycles. The van der Waals surface area contributed by atoms with Crippen LogP contribution < -0.4 is 20.1 Å². The first-order valence-electron chi connectivity index (χ1n) is 10.5. The van der Waals surface area contributed by atoms with E-state index in [1.807, 2.05) is 0 Å². The fourth-order valence-corrected chi connectivity index (χ4v) is 4.14. The highest BCUT2D eigenvalue weighted by Crippen LogP contribution is 2.24. The van der Waals surface area contributed by atoms with E-state index in [9.17, 15) is 4.39 Å². The number of methoxy groups -OCH3 is 1. The monoisotopic (exact) mass is 459 g/mol. The number of rotatable bonds is 10. The first-order chi connectivity index (χ1) is 15.6. The largest absolute Gasteiger partial charge is 0.494 e. The van der Waals surface area contributed by atoms with Gasteiger partial charge in [-0.1, -0.05) is 6.92 Å². The fraction of sp³-hybridized carbons (Fsp3) is 0.429. The number of nitrogens with one attached hydrogen (secondary N) is 2. The van der Waals surface area contributed by atoms with Crippen molar-refractivity contribution in [1.82, 2.24) is 24.8 Å². The van der Waals surface area contributed by atoms with Crippen LogP contribution in [0.2, 0.25) is 0 Å². The van der Waals surface area contributed by atoms with Gasteiger partial charge in [0.25, 0.3) is 0 Å². The van der Waals surface area contributed by atoms with Crippen molar-refractivity contribution >= 4 is 28.9 Å². The van der Waals surface area contributed by atoms with E-state index in [4.69, 9.17) is 9.47 Å². The Labute approximate surface area is 190 Å². The van der Waals surface area contributed by atoms with Crippen molar-refractivity contribution < 1.29 is 13.9 Å². The molecular weight excluding hydrogens is 433 g/mol. The number of nitrogens with zero attached hydrogens (tertiary/aromatic N) is 5. The second-order valence-corrected chi connectivity index (χ2v) is 8.27. The van der Waals surface area contributed by atoms with Gasteiger partial charge in [0.05, 0.1) is 17.5 Å². The lowest BCUT2D eigenvalue weighted by Crippen LogP contribution is -2.35. The van der Waals surface area contributed by atoms with Gasteiger partial charge in [-0.25, -0.2) is 4.39 Å². The summed E-state index contributed by atoms with van der Waals surface area (Å²) < 4.78 is 24.8. The maximum Gasteiger partial charge on any atom is 0.323 e. The number of ether oxygens (including phenoxy) is 2. The molecule has 9 nitrogen and oxygen atoms in total. The van der Waals surface area contributed by atoms with Crippen LogP contribution in [0.3, 0.4) is 0 Å². The molecule has 1 saturated heterocycles. The van der Waals surface area contributed by atoms with Crippen LogP contribution in [0.25, 0.3) is 0 Å². The Kier molecular flexibility index (Phi) is 7.28. The number of likely N-dealkylation sites (N-methyl/N-ethyl adjacent to an activating group) is 1. The van der Waals surface area contributed by atoms with E-state index in [1.54, 1.807) is 23.8 Å². The predicted octanol–water partition coefficient (Wildman–Crippen LogP) is 3.69. The molecule has 11 heteroatoms. The third-order valence-electron chi connectivity index (χ3n) is 5.25. The summed E-state index contributed by atoms with van der Waals surface area (Å²) in [7, 11) is 1.42.